The molecule has 0 N–H and O–H groups in total. The molecule has 0 atom stereocenters. The molecule has 0 saturated carbocycles. The van der Waals surface area contributed by atoms with E-state index in [2.05, 4.69) is 27.9 Å². The fourth-order valence-corrected chi connectivity index (χ4v) is 8.85. The summed E-state index contributed by atoms with van der Waals surface area (Å²) in [7, 11) is -5.13. The molecule has 0 aromatic carbocycles. The lowest BCUT2D eigenvalue weighted by Gasteiger charge is -2.28. The Hall–Kier alpha value is -0.306. The molecular weight excluding hydrogens is 468 g/mol. The predicted molar refractivity (Wildman–Crippen MR) is 125 cm³/mol. The first-order valence-electron chi connectivity index (χ1n) is 11.9. The van der Waals surface area contributed by atoms with Gasteiger partial charge in [-0.1, -0.05) is 0 Å². The van der Waals surface area contributed by atoms with Gasteiger partial charge in [-0.25, -0.2) is 9.13 Å². The third-order valence-electron chi connectivity index (χ3n) is 4.73. The number of aryl methyl sites for hydroxylation is 2. The number of rotatable bonds is 20. The maximum Gasteiger partial charge on any atom is 0.501 e. The SMILES string of the molecule is CCO[Si](CCCn1cc[n+](CCC[Si](OCC)(OCC)OCC)c1)(OCC)OCC.[Cl-]. The van der Waals surface area contributed by atoms with Crippen molar-refractivity contribution in [3.8, 4) is 0 Å². The molecule has 11 heteroatoms. The summed E-state index contributed by atoms with van der Waals surface area (Å²) in [6.45, 7) is 17.5. The minimum Gasteiger partial charge on any atom is -1.00 e. The minimum atomic E-state index is -2.57. The lowest BCUT2D eigenvalue weighted by Crippen LogP contribution is -3.00. The van der Waals surface area contributed by atoms with Gasteiger partial charge in [0.05, 0.1) is 13.1 Å². The van der Waals surface area contributed by atoms with Crippen molar-refractivity contribution < 1.29 is 43.5 Å². The third kappa shape index (κ3) is 11.2. The maximum absolute atomic E-state index is 5.95. The Morgan fingerprint density at radius 3 is 1.47 bits per heavy atom. The highest BCUT2D eigenvalue weighted by Gasteiger charge is 2.40. The topological polar surface area (TPSA) is 64.2 Å². The number of halogens is 1. The van der Waals surface area contributed by atoms with E-state index in [1.165, 1.54) is 0 Å². The molecule has 0 radical (unpaired) electrons. The van der Waals surface area contributed by atoms with Crippen LogP contribution in [-0.2, 0) is 39.6 Å². The normalized spacial score (nSPS) is 12.2. The summed E-state index contributed by atoms with van der Waals surface area (Å²) in [6, 6.07) is 1.65. The summed E-state index contributed by atoms with van der Waals surface area (Å²) < 4.78 is 40.1. The maximum atomic E-state index is 5.95. The van der Waals surface area contributed by atoms with E-state index in [1.807, 2.05) is 41.5 Å². The molecule has 0 amide bonds. The van der Waals surface area contributed by atoms with E-state index in [4.69, 9.17) is 26.6 Å². The van der Waals surface area contributed by atoms with Crippen LogP contribution in [0.5, 0.6) is 0 Å². The highest BCUT2D eigenvalue weighted by molar-refractivity contribution is 6.61. The molecule has 1 aromatic rings. The molecule has 8 nitrogen and oxygen atoms in total. The molecule has 0 spiro atoms. The fraction of sp³-hybridized carbons (Fsp3) is 0.857. The van der Waals surface area contributed by atoms with Crippen molar-refractivity contribution in [2.75, 3.05) is 39.6 Å². The summed E-state index contributed by atoms with van der Waals surface area (Å²) >= 11 is 0. The largest absolute Gasteiger partial charge is 1.00 e. The molecular formula is C21H45ClN2O6Si2. The number of hydrogen-bond acceptors (Lipinski definition) is 6. The Labute approximate surface area is 203 Å². The summed E-state index contributed by atoms with van der Waals surface area (Å²) in [5.41, 5.74) is 0. The minimum absolute atomic E-state index is 0. The molecule has 0 unspecified atom stereocenters. The zero-order valence-corrected chi connectivity index (χ0v) is 23.7. The number of nitrogens with zero attached hydrogens (tertiary/aromatic N) is 2. The standard InChI is InChI=1S/C21H45N2O6Si2.ClH/c1-7-24-30(25-8-2,26-9-3)19-13-15-22-17-18-23(21-22)16-14-20-31(27-10-4,28-11-5)29-12-6;/h17-18,21H,7-16,19-20H2,1-6H3;1H/q+1;/p-1. The molecule has 0 bridgehead atoms. The first kappa shape index (κ1) is 31.7. The molecule has 0 aliphatic heterocycles. The van der Waals surface area contributed by atoms with Gasteiger partial charge in [-0.2, -0.15) is 0 Å². The summed E-state index contributed by atoms with van der Waals surface area (Å²) in [4.78, 5) is 0. The smallest absolute Gasteiger partial charge is 0.501 e. The monoisotopic (exact) mass is 512 g/mol. The van der Waals surface area contributed by atoms with Crippen LogP contribution in [-0.4, -0.2) is 61.8 Å². The van der Waals surface area contributed by atoms with Crippen molar-refractivity contribution in [1.82, 2.24) is 4.57 Å². The van der Waals surface area contributed by atoms with E-state index < -0.39 is 17.6 Å². The van der Waals surface area contributed by atoms with Gasteiger partial charge >= 0.3 is 17.6 Å². The molecule has 0 aliphatic carbocycles. The van der Waals surface area contributed by atoms with E-state index in [-0.39, 0.29) is 12.4 Å². The van der Waals surface area contributed by atoms with Crippen LogP contribution in [0.4, 0.5) is 0 Å². The van der Waals surface area contributed by atoms with Gasteiger partial charge in [0.15, 0.2) is 0 Å². The Balaban J connectivity index is 0.00000961. The van der Waals surface area contributed by atoms with Crippen molar-refractivity contribution in [3.05, 3.63) is 18.7 Å². The second-order valence-electron chi connectivity index (χ2n) is 7.06. The summed E-state index contributed by atoms with van der Waals surface area (Å²) in [5.74, 6) is 0. The zero-order chi connectivity index (χ0) is 23.0. The van der Waals surface area contributed by atoms with Crippen LogP contribution in [0.15, 0.2) is 18.7 Å². The van der Waals surface area contributed by atoms with Gasteiger partial charge in [0.2, 0.25) is 6.33 Å². The first-order chi connectivity index (χ1) is 15.0. The third-order valence-corrected chi connectivity index (χ3v) is 11.0. The summed E-state index contributed by atoms with van der Waals surface area (Å²) in [5, 5.41) is 0. The van der Waals surface area contributed by atoms with Crippen LogP contribution in [0.1, 0.15) is 54.4 Å². The second-order valence-corrected chi connectivity index (χ2v) is 12.5. The Morgan fingerprint density at radius 2 is 1.06 bits per heavy atom. The molecule has 32 heavy (non-hydrogen) atoms. The van der Waals surface area contributed by atoms with E-state index in [0.29, 0.717) is 39.6 Å². The number of aromatic nitrogens is 2. The summed E-state index contributed by atoms with van der Waals surface area (Å²) in [6.07, 6.45) is 8.29. The predicted octanol–water partition coefficient (Wildman–Crippen LogP) is 0.657. The fourth-order valence-electron chi connectivity index (χ4n) is 3.66. The first-order valence-corrected chi connectivity index (χ1v) is 15.8. The van der Waals surface area contributed by atoms with Gasteiger partial charge < -0.3 is 39.0 Å². The molecule has 0 fully saturated rings. The Kier molecular flexibility index (Phi) is 17.9. The van der Waals surface area contributed by atoms with Gasteiger partial charge in [0.25, 0.3) is 0 Å². The average molecular weight is 513 g/mol. The van der Waals surface area contributed by atoms with Gasteiger partial charge in [-0.15, -0.1) is 0 Å². The number of imidazole rings is 1. The molecule has 0 aliphatic rings. The molecule has 1 heterocycles. The van der Waals surface area contributed by atoms with Crippen LogP contribution in [0, 0.1) is 0 Å². The highest BCUT2D eigenvalue weighted by Crippen LogP contribution is 2.19. The number of hydrogen-bond donors (Lipinski definition) is 0. The Bertz CT molecular complexity index is 502. The van der Waals surface area contributed by atoms with Crippen LogP contribution < -0.4 is 17.0 Å². The zero-order valence-electron chi connectivity index (χ0n) is 20.9. The van der Waals surface area contributed by atoms with Crippen molar-refractivity contribution in [3.63, 3.8) is 0 Å². The van der Waals surface area contributed by atoms with Crippen LogP contribution >= 0.6 is 0 Å². The van der Waals surface area contributed by atoms with Crippen molar-refractivity contribution in [1.29, 1.82) is 0 Å². The molecule has 0 saturated heterocycles. The van der Waals surface area contributed by atoms with Gasteiger partial charge in [0.1, 0.15) is 12.4 Å². The lowest BCUT2D eigenvalue weighted by atomic mass is 10.5. The van der Waals surface area contributed by atoms with Gasteiger partial charge in [-0.3, -0.25) is 0 Å². The van der Waals surface area contributed by atoms with Crippen molar-refractivity contribution >= 4 is 17.6 Å². The lowest BCUT2D eigenvalue weighted by molar-refractivity contribution is -0.696. The van der Waals surface area contributed by atoms with Gasteiger partial charge in [0, 0.05) is 51.7 Å². The van der Waals surface area contributed by atoms with E-state index >= 15 is 0 Å². The van der Waals surface area contributed by atoms with E-state index in [9.17, 15) is 0 Å². The molecule has 1 rings (SSSR count). The quantitative estimate of drug-likeness (QED) is 0.189. The van der Waals surface area contributed by atoms with Crippen LogP contribution in [0.25, 0.3) is 0 Å². The molecule has 1 aromatic heterocycles. The van der Waals surface area contributed by atoms with Crippen molar-refractivity contribution in [2.24, 2.45) is 0 Å². The highest BCUT2D eigenvalue weighted by atomic mass is 35.5. The van der Waals surface area contributed by atoms with E-state index in [1.54, 1.807) is 0 Å². The van der Waals surface area contributed by atoms with Crippen molar-refractivity contribution in [2.45, 2.75) is 79.6 Å². The van der Waals surface area contributed by atoms with Gasteiger partial charge in [-0.05, 0) is 54.4 Å². The van der Waals surface area contributed by atoms with Crippen LogP contribution in [0.3, 0.4) is 0 Å². The van der Waals surface area contributed by atoms with Crippen LogP contribution in [0.2, 0.25) is 12.1 Å². The average Bonchev–Trinajstić information content (AvgIpc) is 3.17. The molecule has 190 valence electrons. The van der Waals surface area contributed by atoms with E-state index in [0.717, 1.165) is 38.0 Å². The second kappa shape index (κ2) is 18.1. The Morgan fingerprint density at radius 1 is 0.656 bits per heavy atom.